The van der Waals surface area contributed by atoms with E-state index in [2.05, 4.69) is 4.98 Å². The van der Waals surface area contributed by atoms with Gasteiger partial charge in [-0.2, -0.15) is 13.2 Å². The third-order valence-electron chi connectivity index (χ3n) is 2.40. The van der Waals surface area contributed by atoms with E-state index in [4.69, 9.17) is 5.73 Å². The lowest BCUT2D eigenvalue weighted by Crippen LogP contribution is -2.12. The van der Waals surface area contributed by atoms with Crippen LogP contribution in [0.3, 0.4) is 0 Å². The van der Waals surface area contributed by atoms with Crippen LogP contribution in [0.2, 0.25) is 0 Å². The van der Waals surface area contributed by atoms with Crippen molar-refractivity contribution >= 4 is 5.82 Å². The molecule has 1 atom stereocenters. The van der Waals surface area contributed by atoms with E-state index >= 15 is 0 Å². The van der Waals surface area contributed by atoms with Gasteiger partial charge < -0.3 is 5.73 Å². The predicted molar refractivity (Wildman–Crippen MR) is 52.4 cm³/mol. The average molecular weight is 218 g/mol. The molecule has 5 heteroatoms. The molecule has 1 unspecified atom stereocenters. The Hall–Kier alpha value is -1.26. The summed E-state index contributed by atoms with van der Waals surface area (Å²) in [6.07, 6.45) is -2.52. The highest BCUT2D eigenvalue weighted by molar-refractivity contribution is 5.40. The van der Waals surface area contributed by atoms with Crippen LogP contribution in [0, 0.1) is 0 Å². The van der Waals surface area contributed by atoms with Gasteiger partial charge in [0.2, 0.25) is 0 Å². The summed E-state index contributed by atoms with van der Waals surface area (Å²) in [7, 11) is 0. The van der Waals surface area contributed by atoms with E-state index in [0.717, 1.165) is 6.07 Å². The van der Waals surface area contributed by atoms with E-state index in [1.165, 1.54) is 6.20 Å². The van der Waals surface area contributed by atoms with Gasteiger partial charge in [0.05, 0.1) is 5.56 Å². The Morgan fingerprint density at radius 3 is 2.53 bits per heavy atom. The molecule has 0 saturated carbocycles. The van der Waals surface area contributed by atoms with Crippen molar-refractivity contribution in [2.45, 2.75) is 32.4 Å². The Kier molecular flexibility index (Phi) is 3.21. The quantitative estimate of drug-likeness (QED) is 0.827. The average Bonchev–Trinajstić information content (AvgIpc) is 2.15. The number of nitrogens with two attached hydrogens (primary N) is 1. The van der Waals surface area contributed by atoms with Crippen LogP contribution in [0.1, 0.15) is 37.3 Å². The first-order valence-electron chi connectivity index (χ1n) is 4.68. The Morgan fingerprint density at radius 2 is 2.07 bits per heavy atom. The SMILES string of the molecule is CCC(C)c1cnc(N)cc1C(F)(F)F. The van der Waals surface area contributed by atoms with Crippen LogP contribution in [0.4, 0.5) is 19.0 Å². The summed E-state index contributed by atoms with van der Waals surface area (Å²) >= 11 is 0. The van der Waals surface area contributed by atoms with Gasteiger partial charge in [-0.15, -0.1) is 0 Å². The fourth-order valence-electron chi connectivity index (χ4n) is 1.34. The molecule has 0 aliphatic heterocycles. The zero-order valence-corrected chi connectivity index (χ0v) is 8.60. The lowest BCUT2D eigenvalue weighted by molar-refractivity contribution is -0.138. The molecule has 84 valence electrons. The molecule has 15 heavy (non-hydrogen) atoms. The van der Waals surface area contributed by atoms with Crippen molar-refractivity contribution in [3.05, 3.63) is 23.4 Å². The minimum absolute atomic E-state index is 0.102. The van der Waals surface area contributed by atoms with Gasteiger partial charge in [-0.05, 0) is 24.0 Å². The van der Waals surface area contributed by atoms with Crippen LogP contribution in [0.5, 0.6) is 0 Å². The number of nitrogen functional groups attached to an aromatic ring is 1. The molecule has 1 rings (SSSR count). The van der Waals surface area contributed by atoms with Gasteiger partial charge in [0.1, 0.15) is 5.82 Å². The van der Waals surface area contributed by atoms with Crippen molar-refractivity contribution in [3.63, 3.8) is 0 Å². The molecular formula is C10H13F3N2. The number of aromatic nitrogens is 1. The van der Waals surface area contributed by atoms with Crippen LogP contribution in [-0.2, 0) is 6.18 Å². The second kappa shape index (κ2) is 4.08. The van der Waals surface area contributed by atoms with Gasteiger partial charge >= 0.3 is 6.18 Å². The lowest BCUT2D eigenvalue weighted by atomic mass is 9.95. The van der Waals surface area contributed by atoms with Crippen molar-refractivity contribution in [3.8, 4) is 0 Å². The molecule has 0 amide bonds. The van der Waals surface area contributed by atoms with Gasteiger partial charge in [0.15, 0.2) is 0 Å². The van der Waals surface area contributed by atoms with Crippen molar-refractivity contribution in [1.82, 2.24) is 4.98 Å². The minimum Gasteiger partial charge on any atom is -0.384 e. The minimum atomic E-state index is -4.37. The molecule has 0 aliphatic rings. The first kappa shape index (κ1) is 11.8. The van der Waals surface area contributed by atoms with Crippen LogP contribution < -0.4 is 5.73 Å². The third kappa shape index (κ3) is 2.61. The first-order chi connectivity index (χ1) is 6.86. The number of rotatable bonds is 2. The Balaban J connectivity index is 3.27. The van der Waals surface area contributed by atoms with E-state index in [-0.39, 0.29) is 17.3 Å². The zero-order valence-electron chi connectivity index (χ0n) is 8.60. The molecule has 2 nitrogen and oxygen atoms in total. The fraction of sp³-hybridized carbons (Fsp3) is 0.500. The van der Waals surface area contributed by atoms with Gasteiger partial charge in [0.25, 0.3) is 0 Å². The van der Waals surface area contributed by atoms with Gasteiger partial charge in [0, 0.05) is 6.20 Å². The molecule has 1 aromatic rings. The zero-order chi connectivity index (χ0) is 11.6. The monoisotopic (exact) mass is 218 g/mol. The molecule has 1 aromatic heterocycles. The maximum Gasteiger partial charge on any atom is 0.416 e. The smallest absolute Gasteiger partial charge is 0.384 e. The number of alkyl halides is 3. The van der Waals surface area contributed by atoms with E-state index < -0.39 is 11.7 Å². The number of pyridine rings is 1. The third-order valence-corrected chi connectivity index (χ3v) is 2.40. The molecule has 1 heterocycles. The van der Waals surface area contributed by atoms with Crippen LogP contribution in [0.25, 0.3) is 0 Å². The Morgan fingerprint density at radius 1 is 1.47 bits per heavy atom. The summed E-state index contributed by atoms with van der Waals surface area (Å²) < 4.78 is 37.9. The van der Waals surface area contributed by atoms with Crippen molar-refractivity contribution in [2.24, 2.45) is 0 Å². The second-order valence-corrected chi connectivity index (χ2v) is 3.50. The van der Waals surface area contributed by atoms with Gasteiger partial charge in [-0.3, -0.25) is 0 Å². The maximum atomic E-state index is 12.6. The molecule has 0 fully saturated rings. The first-order valence-corrected chi connectivity index (χ1v) is 4.68. The molecule has 2 N–H and O–H groups in total. The summed E-state index contributed by atoms with van der Waals surface area (Å²) in [5.74, 6) is -0.274. The highest BCUT2D eigenvalue weighted by atomic mass is 19.4. The molecule has 0 radical (unpaired) electrons. The van der Waals surface area contributed by atoms with Crippen molar-refractivity contribution < 1.29 is 13.2 Å². The lowest BCUT2D eigenvalue weighted by Gasteiger charge is -2.16. The fourth-order valence-corrected chi connectivity index (χ4v) is 1.34. The van der Waals surface area contributed by atoms with E-state index in [9.17, 15) is 13.2 Å². The number of nitrogens with zero attached hydrogens (tertiary/aromatic N) is 1. The van der Waals surface area contributed by atoms with Crippen LogP contribution >= 0.6 is 0 Å². The summed E-state index contributed by atoms with van der Waals surface area (Å²) in [6.45, 7) is 3.57. The number of hydrogen-bond donors (Lipinski definition) is 1. The molecule has 0 aromatic carbocycles. The maximum absolute atomic E-state index is 12.6. The summed E-state index contributed by atoms with van der Waals surface area (Å²) in [5.41, 5.74) is 4.79. The molecule has 0 bridgehead atoms. The van der Waals surface area contributed by atoms with Gasteiger partial charge in [-0.25, -0.2) is 4.98 Å². The molecule has 0 spiro atoms. The van der Waals surface area contributed by atoms with Crippen LogP contribution in [-0.4, -0.2) is 4.98 Å². The van der Waals surface area contributed by atoms with E-state index in [0.29, 0.717) is 6.42 Å². The number of halogens is 3. The topological polar surface area (TPSA) is 38.9 Å². The molecular weight excluding hydrogens is 205 g/mol. The van der Waals surface area contributed by atoms with E-state index in [1.807, 2.05) is 6.92 Å². The second-order valence-electron chi connectivity index (χ2n) is 3.50. The standard InChI is InChI=1S/C10H13F3N2/c1-3-6(2)7-5-15-9(14)4-8(7)10(11,12)13/h4-6H,3H2,1-2H3,(H2,14,15). The van der Waals surface area contributed by atoms with Crippen LogP contribution in [0.15, 0.2) is 12.3 Å². The molecule has 0 aliphatic carbocycles. The largest absolute Gasteiger partial charge is 0.416 e. The highest BCUT2D eigenvalue weighted by Crippen LogP contribution is 2.36. The Labute approximate surface area is 86.3 Å². The van der Waals surface area contributed by atoms with Crippen molar-refractivity contribution in [1.29, 1.82) is 0 Å². The predicted octanol–water partition coefficient (Wildman–Crippen LogP) is 3.20. The number of hydrogen-bond acceptors (Lipinski definition) is 2. The summed E-state index contributed by atoms with van der Waals surface area (Å²) in [4.78, 5) is 3.70. The van der Waals surface area contributed by atoms with Crippen molar-refractivity contribution in [2.75, 3.05) is 5.73 Å². The molecule has 0 saturated heterocycles. The van der Waals surface area contributed by atoms with E-state index in [1.54, 1.807) is 6.92 Å². The normalized spacial score (nSPS) is 13.9. The highest BCUT2D eigenvalue weighted by Gasteiger charge is 2.34. The van der Waals surface area contributed by atoms with Gasteiger partial charge in [-0.1, -0.05) is 13.8 Å². The Bertz CT molecular complexity index is 347. The number of anilines is 1. The summed E-state index contributed by atoms with van der Waals surface area (Å²) in [6, 6.07) is 0.890. The summed E-state index contributed by atoms with van der Waals surface area (Å²) in [5, 5.41) is 0.